The fourth-order valence-electron chi connectivity index (χ4n) is 1.93. The minimum atomic E-state index is -0.672. The number of nitrogens with zero attached hydrogens (tertiary/aromatic N) is 4. The molecule has 2 aromatic rings. The van der Waals surface area contributed by atoms with Crippen molar-refractivity contribution in [3.63, 3.8) is 0 Å². The lowest BCUT2D eigenvalue weighted by Gasteiger charge is -2.19. The molecule has 0 aliphatic carbocycles. The van der Waals surface area contributed by atoms with Gasteiger partial charge in [-0.25, -0.2) is 28.2 Å². The molecule has 0 aliphatic rings. The summed E-state index contributed by atoms with van der Waals surface area (Å²) in [6, 6.07) is 3.39. The molecule has 0 spiro atoms. The van der Waals surface area contributed by atoms with Crippen molar-refractivity contribution in [1.82, 2.24) is 24.6 Å². The van der Waals surface area contributed by atoms with Crippen LogP contribution in [-0.4, -0.2) is 37.6 Å². The maximum Gasteiger partial charge on any atom is 0.407 e. The molecule has 0 unspecified atom stereocenters. The zero-order chi connectivity index (χ0) is 19.3. The Labute approximate surface area is 157 Å². The van der Waals surface area contributed by atoms with E-state index in [4.69, 9.17) is 4.74 Å². The van der Waals surface area contributed by atoms with E-state index in [-0.39, 0.29) is 18.7 Å². The molecule has 10 heteroatoms. The van der Waals surface area contributed by atoms with E-state index in [0.29, 0.717) is 12.1 Å². The topological polar surface area (TPSA) is 91.0 Å². The second-order valence-corrected chi connectivity index (χ2v) is 7.31. The third-order valence-corrected chi connectivity index (χ3v) is 3.53. The van der Waals surface area contributed by atoms with Crippen LogP contribution in [0.3, 0.4) is 0 Å². The van der Waals surface area contributed by atoms with Crippen LogP contribution in [0.1, 0.15) is 20.8 Å². The summed E-state index contributed by atoms with van der Waals surface area (Å²) in [7, 11) is 0. The first kappa shape index (κ1) is 19.8. The highest BCUT2D eigenvalue weighted by Crippen LogP contribution is 2.09. The van der Waals surface area contributed by atoms with E-state index in [1.807, 2.05) is 0 Å². The summed E-state index contributed by atoms with van der Waals surface area (Å²) in [6.07, 6.45) is 2.52. The van der Waals surface area contributed by atoms with Crippen LogP contribution in [0, 0.1) is 0 Å². The van der Waals surface area contributed by atoms with Crippen LogP contribution in [-0.2, 0) is 11.3 Å². The summed E-state index contributed by atoms with van der Waals surface area (Å²) in [6.45, 7) is 4.94. The second kappa shape index (κ2) is 8.26. The molecule has 2 rings (SSSR count). The Hall–Kier alpha value is -2.49. The van der Waals surface area contributed by atoms with Crippen molar-refractivity contribution in [2.24, 2.45) is 0 Å². The first-order valence-corrected chi connectivity index (χ1v) is 8.50. The van der Waals surface area contributed by atoms with Gasteiger partial charge in [-0.2, -0.15) is 5.10 Å². The zero-order valence-corrected chi connectivity index (χ0v) is 16.2. The van der Waals surface area contributed by atoms with Crippen LogP contribution in [0.25, 0.3) is 5.82 Å². The van der Waals surface area contributed by atoms with Crippen molar-refractivity contribution in [2.45, 2.75) is 32.9 Å². The molecule has 8 nitrogen and oxygen atoms in total. The van der Waals surface area contributed by atoms with Crippen molar-refractivity contribution in [3.8, 4) is 5.82 Å². The van der Waals surface area contributed by atoms with Gasteiger partial charge in [-0.3, -0.25) is 0 Å². The minimum absolute atomic E-state index is 0.110. The van der Waals surface area contributed by atoms with Crippen LogP contribution in [0.15, 0.2) is 45.8 Å². The van der Waals surface area contributed by atoms with Gasteiger partial charge in [0.1, 0.15) is 17.7 Å². The molecular formula is C16H19BrFN5O3. The summed E-state index contributed by atoms with van der Waals surface area (Å²) in [5.74, 6) is 0.391. The lowest BCUT2D eigenvalue weighted by molar-refractivity contribution is 0.0532. The van der Waals surface area contributed by atoms with Gasteiger partial charge in [0.25, 0.3) is 0 Å². The molecule has 2 heterocycles. The summed E-state index contributed by atoms with van der Waals surface area (Å²) in [4.78, 5) is 28.1. The highest BCUT2D eigenvalue weighted by atomic mass is 79.9. The van der Waals surface area contributed by atoms with Crippen LogP contribution in [0.4, 0.5) is 9.18 Å². The Bertz CT molecular complexity index is 852. The maximum absolute atomic E-state index is 13.1. The van der Waals surface area contributed by atoms with E-state index in [2.05, 4.69) is 31.3 Å². The molecule has 1 amide bonds. The normalized spacial score (nSPS) is 12.1. The van der Waals surface area contributed by atoms with Gasteiger partial charge in [0, 0.05) is 17.2 Å². The van der Waals surface area contributed by atoms with E-state index >= 15 is 0 Å². The Kier molecular flexibility index (Phi) is 6.30. The molecule has 0 aliphatic heterocycles. The monoisotopic (exact) mass is 427 g/mol. The van der Waals surface area contributed by atoms with E-state index in [1.165, 1.54) is 10.9 Å². The standard InChI is InChI=1S/C16H19BrFN5O3/c1-16(2,3)26-14(24)20-7-11(6-18)9-23-15(25)22(10-21-23)13-5-4-12(17)8-19-13/h4-6,8,10H,7,9H2,1-3H3,(H,20,24). The van der Waals surface area contributed by atoms with E-state index < -0.39 is 17.4 Å². The SMILES string of the molecule is CC(C)(C)OC(=O)NCC(=CF)Cn1ncn(-c2ccc(Br)cn2)c1=O. The molecule has 0 radical (unpaired) electrons. The van der Waals surface area contributed by atoms with Crippen molar-refractivity contribution < 1.29 is 13.9 Å². The number of pyridine rings is 1. The van der Waals surface area contributed by atoms with E-state index in [1.54, 1.807) is 39.1 Å². The molecule has 0 saturated heterocycles. The van der Waals surface area contributed by atoms with Gasteiger partial charge in [0.2, 0.25) is 0 Å². The first-order chi connectivity index (χ1) is 12.2. The summed E-state index contributed by atoms with van der Waals surface area (Å²) >= 11 is 3.27. The Morgan fingerprint density at radius 2 is 2.15 bits per heavy atom. The Morgan fingerprint density at radius 1 is 1.42 bits per heavy atom. The van der Waals surface area contributed by atoms with Gasteiger partial charge >= 0.3 is 11.8 Å². The van der Waals surface area contributed by atoms with Gasteiger partial charge in [0.15, 0.2) is 0 Å². The predicted octanol–water partition coefficient (Wildman–Crippen LogP) is 2.57. The number of carbonyl (C=O) groups is 1. The van der Waals surface area contributed by atoms with Crippen molar-refractivity contribution >= 4 is 22.0 Å². The molecule has 26 heavy (non-hydrogen) atoms. The van der Waals surface area contributed by atoms with Crippen LogP contribution < -0.4 is 11.0 Å². The predicted molar refractivity (Wildman–Crippen MR) is 96.7 cm³/mol. The molecule has 1 N–H and O–H groups in total. The van der Waals surface area contributed by atoms with Crippen molar-refractivity contribution in [2.75, 3.05) is 6.54 Å². The van der Waals surface area contributed by atoms with Gasteiger partial charge in [-0.05, 0) is 54.4 Å². The number of ether oxygens (including phenoxy) is 1. The van der Waals surface area contributed by atoms with Gasteiger partial charge in [-0.15, -0.1) is 0 Å². The highest BCUT2D eigenvalue weighted by Gasteiger charge is 2.16. The van der Waals surface area contributed by atoms with Crippen LogP contribution in [0.5, 0.6) is 0 Å². The fourth-order valence-corrected chi connectivity index (χ4v) is 2.17. The summed E-state index contributed by atoms with van der Waals surface area (Å²) in [5, 5.41) is 6.39. The third-order valence-electron chi connectivity index (χ3n) is 3.06. The number of carbonyl (C=O) groups excluding carboxylic acids is 1. The zero-order valence-electron chi connectivity index (χ0n) is 14.6. The third kappa shape index (κ3) is 5.51. The van der Waals surface area contributed by atoms with Gasteiger partial charge in [-0.1, -0.05) is 0 Å². The molecule has 140 valence electrons. The number of amides is 1. The summed E-state index contributed by atoms with van der Waals surface area (Å²) in [5.41, 5.74) is -0.972. The molecule has 0 fully saturated rings. The first-order valence-electron chi connectivity index (χ1n) is 7.71. The number of halogens is 2. The molecule has 0 atom stereocenters. The molecule has 2 aromatic heterocycles. The number of hydrogen-bond acceptors (Lipinski definition) is 5. The Morgan fingerprint density at radius 3 is 2.73 bits per heavy atom. The molecule has 0 aromatic carbocycles. The van der Waals surface area contributed by atoms with Gasteiger partial charge < -0.3 is 10.1 Å². The van der Waals surface area contributed by atoms with Crippen LogP contribution in [0.2, 0.25) is 0 Å². The largest absolute Gasteiger partial charge is 0.444 e. The fraction of sp³-hybridized carbons (Fsp3) is 0.375. The number of hydrogen-bond donors (Lipinski definition) is 1. The second-order valence-electron chi connectivity index (χ2n) is 6.40. The smallest absolute Gasteiger partial charge is 0.407 e. The maximum atomic E-state index is 13.1. The minimum Gasteiger partial charge on any atom is -0.444 e. The van der Waals surface area contributed by atoms with Gasteiger partial charge in [0.05, 0.1) is 12.9 Å². The quantitative estimate of drug-likeness (QED) is 0.791. The average Bonchev–Trinajstić information content (AvgIpc) is 2.91. The summed E-state index contributed by atoms with van der Waals surface area (Å²) < 4.78 is 21.3. The molecule has 0 bridgehead atoms. The number of aromatic nitrogens is 4. The molecule has 0 saturated carbocycles. The lowest BCUT2D eigenvalue weighted by atomic mass is 10.2. The Balaban J connectivity index is 2.04. The number of rotatable bonds is 5. The average molecular weight is 428 g/mol. The number of nitrogens with one attached hydrogen (secondary N) is 1. The molecular weight excluding hydrogens is 409 g/mol. The van der Waals surface area contributed by atoms with E-state index in [9.17, 15) is 14.0 Å². The number of alkyl carbamates (subject to hydrolysis) is 1. The van der Waals surface area contributed by atoms with Crippen LogP contribution >= 0.6 is 15.9 Å². The van der Waals surface area contributed by atoms with E-state index in [0.717, 1.165) is 9.15 Å². The lowest BCUT2D eigenvalue weighted by Crippen LogP contribution is -2.34. The van der Waals surface area contributed by atoms with Crippen molar-refractivity contribution in [1.29, 1.82) is 0 Å². The highest BCUT2D eigenvalue weighted by molar-refractivity contribution is 9.10. The van der Waals surface area contributed by atoms with Crippen molar-refractivity contribution in [3.05, 3.63) is 51.5 Å².